The minimum atomic E-state index is -0.0945. The van der Waals surface area contributed by atoms with Gasteiger partial charge in [-0.25, -0.2) is 0 Å². The maximum atomic E-state index is 11.7. The molecule has 1 atom stereocenters. The van der Waals surface area contributed by atoms with Crippen LogP contribution in [0.2, 0.25) is 0 Å². The van der Waals surface area contributed by atoms with Crippen molar-refractivity contribution in [2.45, 2.75) is 19.4 Å². The van der Waals surface area contributed by atoms with E-state index in [1.165, 1.54) is 0 Å². The SMILES string of the molecule is C[C@H](Cc1ccco1)NC(=O)/C=C/c1ccccc1. The van der Waals surface area contributed by atoms with Gasteiger partial charge in [0.05, 0.1) is 6.26 Å². The van der Waals surface area contributed by atoms with E-state index in [-0.39, 0.29) is 11.9 Å². The Hall–Kier alpha value is -2.29. The highest BCUT2D eigenvalue weighted by Crippen LogP contribution is 2.04. The Morgan fingerprint density at radius 1 is 1.26 bits per heavy atom. The van der Waals surface area contributed by atoms with Crippen molar-refractivity contribution in [1.29, 1.82) is 0 Å². The van der Waals surface area contributed by atoms with Gasteiger partial charge in [-0.05, 0) is 30.7 Å². The van der Waals surface area contributed by atoms with Gasteiger partial charge in [0.2, 0.25) is 5.91 Å². The first kappa shape index (κ1) is 13.1. The van der Waals surface area contributed by atoms with E-state index in [4.69, 9.17) is 4.42 Å². The molecule has 3 heteroatoms. The smallest absolute Gasteiger partial charge is 0.244 e. The quantitative estimate of drug-likeness (QED) is 0.834. The first-order valence-electron chi connectivity index (χ1n) is 6.30. The molecule has 3 nitrogen and oxygen atoms in total. The van der Waals surface area contributed by atoms with Gasteiger partial charge in [-0.15, -0.1) is 0 Å². The summed E-state index contributed by atoms with van der Waals surface area (Å²) in [4.78, 5) is 11.7. The summed E-state index contributed by atoms with van der Waals surface area (Å²) in [5, 5.41) is 2.90. The molecule has 1 aromatic carbocycles. The molecule has 0 unspecified atom stereocenters. The third-order valence-electron chi connectivity index (χ3n) is 2.70. The van der Waals surface area contributed by atoms with Crippen LogP contribution in [0.5, 0.6) is 0 Å². The Labute approximate surface area is 112 Å². The molecule has 1 amide bonds. The van der Waals surface area contributed by atoms with E-state index in [0.29, 0.717) is 6.42 Å². The molecule has 0 fully saturated rings. The summed E-state index contributed by atoms with van der Waals surface area (Å²) < 4.78 is 5.25. The molecular weight excluding hydrogens is 238 g/mol. The number of benzene rings is 1. The van der Waals surface area contributed by atoms with Crippen molar-refractivity contribution < 1.29 is 9.21 Å². The Morgan fingerprint density at radius 2 is 2.05 bits per heavy atom. The van der Waals surface area contributed by atoms with Gasteiger partial charge in [-0.2, -0.15) is 0 Å². The molecule has 1 heterocycles. The minimum Gasteiger partial charge on any atom is -0.469 e. The lowest BCUT2D eigenvalue weighted by atomic mass is 10.2. The maximum Gasteiger partial charge on any atom is 0.244 e. The van der Waals surface area contributed by atoms with Gasteiger partial charge < -0.3 is 9.73 Å². The molecule has 0 spiro atoms. The van der Waals surface area contributed by atoms with Crippen molar-refractivity contribution in [1.82, 2.24) is 5.32 Å². The fourth-order valence-electron chi connectivity index (χ4n) is 1.81. The lowest BCUT2D eigenvalue weighted by Crippen LogP contribution is -2.32. The number of carbonyl (C=O) groups is 1. The number of nitrogens with one attached hydrogen (secondary N) is 1. The predicted octanol–water partition coefficient (Wildman–Crippen LogP) is 3.04. The molecule has 0 saturated heterocycles. The second-order valence-corrected chi connectivity index (χ2v) is 4.44. The van der Waals surface area contributed by atoms with Crippen LogP contribution in [-0.4, -0.2) is 11.9 Å². The van der Waals surface area contributed by atoms with E-state index < -0.39 is 0 Å². The first-order chi connectivity index (χ1) is 9.24. The van der Waals surface area contributed by atoms with Crippen molar-refractivity contribution in [2.75, 3.05) is 0 Å². The normalized spacial score (nSPS) is 12.5. The third-order valence-corrected chi connectivity index (χ3v) is 2.70. The number of hydrogen-bond donors (Lipinski definition) is 1. The molecule has 98 valence electrons. The van der Waals surface area contributed by atoms with Crippen LogP contribution in [0.4, 0.5) is 0 Å². The monoisotopic (exact) mass is 255 g/mol. The molecular formula is C16H17NO2. The summed E-state index contributed by atoms with van der Waals surface area (Å²) in [6.45, 7) is 1.96. The standard InChI is InChI=1S/C16H17NO2/c1-13(12-15-8-5-11-19-15)17-16(18)10-9-14-6-3-2-4-7-14/h2-11,13H,12H2,1H3,(H,17,18)/b10-9+/t13-/m1/s1. The molecule has 1 aromatic heterocycles. The van der Waals surface area contributed by atoms with Crippen molar-refractivity contribution in [3.8, 4) is 0 Å². The average molecular weight is 255 g/mol. The summed E-state index contributed by atoms with van der Waals surface area (Å²) >= 11 is 0. The van der Waals surface area contributed by atoms with Gasteiger partial charge in [0, 0.05) is 18.5 Å². The number of amides is 1. The molecule has 0 radical (unpaired) electrons. The van der Waals surface area contributed by atoms with E-state index >= 15 is 0 Å². The van der Waals surface area contributed by atoms with Crippen molar-refractivity contribution in [3.05, 3.63) is 66.1 Å². The number of carbonyl (C=O) groups excluding carboxylic acids is 1. The maximum absolute atomic E-state index is 11.7. The fraction of sp³-hybridized carbons (Fsp3) is 0.188. The van der Waals surface area contributed by atoms with Crippen LogP contribution in [0.25, 0.3) is 6.08 Å². The first-order valence-corrected chi connectivity index (χ1v) is 6.30. The zero-order valence-electron chi connectivity index (χ0n) is 10.9. The Morgan fingerprint density at radius 3 is 2.74 bits per heavy atom. The zero-order valence-corrected chi connectivity index (χ0v) is 10.9. The molecule has 0 aliphatic rings. The van der Waals surface area contributed by atoms with Gasteiger partial charge in [-0.1, -0.05) is 30.3 Å². The summed E-state index contributed by atoms with van der Waals surface area (Å²) in [5.74, 6) is 0.780. The summed E-state index contributed by atoms with van der Waals surface area (Å²) in [6, 6.07) is 13.5. The van der Waals surface area contributed by atoms with Gasteiger partial charge >= 0.3 is 0 Å². The van der Waals surface area contributed by atoms with Crippen molar-refractivity contribution in [2.24, 2.45) is 0 Å². The van der Waals surface area contributed by atoms with Gasteiger partial charge in [0.1, 0.15) is 5.76 Å². The topological polar surface area (TPSA) is 42.2 Å². The molecule has 0 aliphatic carbocycles. The van der Waals surface area contributed by atoms with Crippen molar-refractivity contribution >= 4 is 12.0 Å². The van der Waals surface area contributed by atoms with E-state index in [1.54, 1.807) is 18.4 Å². The molecule has 0 bridgehead atoms. The third kappa shape index (κ3) is 4.47. The van der Waals surface area contributed by atoms with Crippen LogP contribution >= 0.6 is 0 Å². The molecule has 1 N–H and O–H groups in total. The average Bonchev–Trinajstić information content (AvgIpc) is 2.90. The highest BCUT2D eigenvalue weighted by molar-refractivity contribution is 5.91. The van der Waals surface area contributed by atoms with Crippen LogP contribution < -0.4 is 5.32 Å². The van der Waals surface area contributed by atoms with Crippen LogP contribution in [0.1, 0.15) is 18.2 Å². The van der Waals surface area contributed by atoms with E-state index in [1.807, 2.05) is 49.4 Å². The molecule has 2 aromatic rings. The van der Waals surface area contributed by atoms with Gasteiger partial charge in [-0.3, -0.25) is 4.79 Å². The Kier molecular flexibility index (Phi) is 4.56. The largest absolute Gasteiger partial charge is 0.469 e. The van der Waals surface area contributed by atoms with Crippen LogP contribution in [0.3, 0.4) is 0 Å². The lowest BCUT2D eigenvalue weighted by Gasteiger charge is -2.10. The number of rotatable bonds is 5. The van der Waals surface area contributed by atoms with Crippen LogP contribution in [0, 0.1) is 0 Å². The Bertz CT molecular complexity index is 529. The van der Waals surface area contributed by atoms with Gasteiger partial charge in [0.15, 0.2) is 0 Å². The van der Waals surface area contributed by atoms with Gasteiger partial charge in [0.25, 0.3) is 0 Å². The second kappa shape index (κ2) is 6.59. The lowest BCUT2D eigenvalue weighted by molar-refractivity contribution is -0.117. The zero-order chi connectivity index (χ0) is 13.5. The predicted molar refractivity (Wildman–Crippen MR) is 75.5 cm³/mol. The number of furan rings is 1. The molecule has 2 rings (SSSR count). The highest BCUT2D eigenvalue weighted by atomic mass is 16.3. The van der Waals surface area contributed by atoms with E-state index in [2.05, 4.69) is 5.32 Å². The van der Waals surface area contributed by atoms with Crippen LogP contribution in [-0.2, 0) is 11.2 Å². The van der Waals surface area contributed by atoms with E-state index in [9.17, 15) is 4.79 Å². The molecule has 19 heavy (non-hydrogen) atoms. The van der Waals surface area contributed by atoms with E-state index in [0.717, 1.165) is 11.3 Å². The minimum absolute atomic E-state index is 0.0408. The summed E-state index contributed by atoms with van der Waals surface area (Å²) in [7, 11) is 0. The second-order valence-electron chi connectivity index (χ2n) is 4.44. The van der Waals surface area contributed by atoms with Crippen molar-refractivity contribution in [3.63, 3.8) is 0 Å². The molecule has 0 aliphatic heterocycles. The van der Waals surface area contributed by atoms with Crippen LogP contribution in [0.15, 0.2) is 59.2 Å². The Balaban J connectivity index is 1.82. The fourth-order valence-corrected chi connectivity index (χ4v) is 1.81. The summed E-state index contributed by atoms with van der Waals surface area (Å²) in [5.41, 5.74) is 1.01. The number of hydrogen-bond acceptors (Lipinski definition) is 2. The highest BCUT2D eigenvalue weighted by Gasteiger charge is 2.07. The molecule has 0 saturated carbocycles. The summed E-state index contributed by atoms with van der Waals surface area (Å²) in [6.07, 6.45) is 5.68.